The van der Waals surface area contributed by atoms with Gasteiger partial charge in [-0.15, -0.1) is 23.1 Å². The van der Waals surface area contributed by atoms with E-state index in [0.29, 0.717) is 5.75 Å². The minimum Gasteiger partial charge on any atom is -0.324 e. The van der Waals surface area contributed by atoms with Crippen molar-refractivity contribution in [2.24, 2.45) is 0 Å². The van der Waals surface area contributed by atoms with E-state index in [4.69, 9.17) is 11.6 Å². The van der Waals surface area contributed by atoms with Crippen LogP contribution in [0.5, 0.6) is 0 Å². The van der Waals surface area contributed by atoms with Gasteiger partial charge in [0.05, 0.1) is 10.1 Å². The Balaban J connectivity index is 2.03. The largest absolute Gasteiger partial charge is 0.324 e. The fourth-order valence-electron chi connectivity index (χ4n) is 1.70. The third kappa shape index (κ3) is 3.34. The molecular formula is C11H14ClNOS3. The second kappa shape index (κ2) is 6.36. The number of hydrogen-bond donors (Lipinski definition) is 0. The van der Waals surface area contributed by atoms with Crippen molar-refractivity contribution in [3.8, 4) is 0 Å². The molecule has 2 nitrogen and oxygen atoms in total. The van der Waals surface area contributed by atoms with Gasteiger partial charge in [-0.25, -0.2) is 0 Å². The van der Waals surface area contributed by atoms with Crippen LogP contribution in [0.4, 0.5) is 0 Å². The average molecular weight is 308 g/mol. The molecular weight excluding hydrogens is 294 g/mol. The first-order chi connectivity index (χ1) is 8.22. The van der Waals surface area contributed by atoms with Crippen LogP contribution >= 0.6 is 46.5 Å². The molecule has 1 amide bonds. The average Bonchev–Trinajstić information content (AvgIpc) is 2.87. The highest BCUT2D eigenvalue weighted by atomic mass is 35.5. The lowest BCUT2D eigenvalue weighted by atomic mass is 10.4. The van der Waals surface area contributed by atoms with Crippen LogP contribution in [0, 0.1) is 0 Å². The molecule has 0 bridgehead atoms. The van der Waals surface area contributed by atoms with E-state index in [-0.39, 0.29) is 11.3 Å². The van der Waals surface area contributed by atoms with Gasteiger partial charge in [0.15, 0.2) is 0 Å². The lowest BCUT2D eigenvalue weighted by molar-refractivity contribution is -0.127. The number of thiophene rings is 1. The Morgan fingerprint density at radius 3 is 3.06 bits per heavy atom. The van der Waals surface area contributed by atoms with Crippen molar-refractivity contribution in [3.63, 3.8) is 0 Å². The third-order valence-corrected chi connectivity index (χ3v) is 6.04. The molecule has 2 heterocycles. The molecule has 6 heteroatoms. The summed E-state index contributed by atoms with van der Waals surface area (Å²) in [6, 6.07) is 3.94. The minimum atomic E-state index is 0.178. The van der Waals surface area contributed by atoms with Crippen molar-refractivity contribution in [1.82, 2.24) is 4.90 Å². The van der Waals surface area contributed by atoms with Crippen LogP contribution in [0.3, 0.4) is 0 Å². The van der Waals surface area contributed by atoms with Gasteiger partial charge in [0.1, 0.15) is 5.37 Å². The molecule has 1 atom stereocenters. The predicted octanol–water partition coefficient (Wildman–Crippen LogP) is 3.73. The van der Waals surface area contributed by atoms with Gasteiger partial charge in [0.25, 0.3) is 0 Å². The molecule has 0 spiro atoms. The first kappa shape index (κ1) is 13.6. The van der Waals surface area contributed by atoms with E-state index in [2.05, 4.69) is 6.92 Å². The van der Waals surface area contributed by atoms with Gasteiger partial charge < -0.3 is 4.90 Å². The third-order valence-electron chi connectivity index (χ3n) is 2.49. The molecule has 1 unspecified atom stereocenters. The summed E-state index contributed by atoms with van der Waals surface area (Å²) < 4.78 is 0.794. The van der Waals surface area contributed by atoms with Gasteiger partial charge in [0.2, 0.25) is 5.91 Å². The molecule has 2 rings (SSSR count). The maximum Gasteiger partial charge on any atom is 0.233 e. The first-order valence-electron chi connectivity index (χ1n) is 5.46. The zero-order valence-electron chi connectivity index (χ0n) is 9.52. The summed E-state index contributed by atoms with van der Waals surface area (Å²) in [4.78, 5) is 15.0. The number of carbonyl (C=O) groups excluding carboxylic acids is 1. The van der Waals surface area contributed by atoms with Crippen LogP contribution in [0.25, 0.3) is 0 Å². The van der Waals surface area contributed by atoms with E-state index in [0.717, 1.165) is 22.4 Å². The highest BCUT2D eigenvalue weighted by molar-refractivity contribution is 8.00. The second-order valence-electron chi connectivity index (χ2n) is 3.59. The van der Waals surface area contributed by atoms with Crippen molar-refractivity contribution in [3.05, 3.63) is 21.3 Å². The molecule has 0 aromatic carbocycles. The summed E-state index contributed by atoms with van der Waals surface area (Å²) in [6.07, 6.45) is 0. The van der Waals surface area contributed by atoms with Gasteiger partial charge in [-0.2, -0.15) is 11.8 Å². The molecule has 94 valence electrons. The number of rotatable bonds is 5. The Bertz CT molecular complexity index is 396. The fourth-order valence-corrected chi connectivity index (χ4v) is 4.83. The normalized spacial score (nSPS) is 20.2. The van der Waals surface area contributed by atoms with Gasteiger partial charge in [-0.1, -0.05) is 18.5 Å². The Labute approximate surface area is 119 Å². The van der Waals surface area contributed by atoms with Crippen LogP contribution in [0.1, 0.15) is 17.2 Å². The maximum atomic E-state index is 11.8. The van der Waals surface area contributed by atoms with Crippen molar-refractivity contribution in [1.29, 1.82) is 0 Å². The number of carbonyl (C=O) groups is 1. The molecule has 1 saturated heterocycles. The number of thioether (sulfide) groups is 2. The summed E-state index contributed by atoms with van der Waals surface area (Å²) >= 11 is 11.1. The Kier molecular flexibility index (Phi) is 5.09. The first-order valence-corrected chi connectivity index (χ1v) is 8.86. The molecule has 1 fully saturated rings. The molecule has 1 aromatic rings. The van der Waals surface area contributed by atoms with Crippen LogP contribution < -0.4 is 0 Å². The number of hydrogen-bond acceptors (Lipinski definition) is 4. The Morgan fingerprint density at radius 1 is 1.59 bits per heavy atom. The molecule has 0 saturated carbocycles. The zero-order valence-corrected chi connectivity index (χ0v) is 12.7. The molecule has 0 radical (unpaired) electrons. The lowest BCUT2D eigenvalue weighted by Crippen LogP contribution is -2.30. The topological polar surface area (TPSA) is 20.3 Å². The van der Waals surface area contributed by atoms with E-state index < -0.39 is 0 Å². The monoisotopic (exact) mass is 307 g/mol. The van der Waals surface area contributed by atoms with Crippen LogP contribution in [-0.4, -0.2) is 34.6 Å². The molecule has 1 aliphatic rings. The minimum absolute atomic E-state index is 0.178. The van der Waals surface area contributed by atoms with E-state index in [1.165, 1.54) is 4.88 Å². The number of halogens is 1. The van der Waals surface area contributed by atoms with E-state index in [1.54, 1.807) is 23.1 Å². The van der Waals surface area contributed by atoms with Gasteiger partial charge in [-0.05, 0) is 17.9 Å². The van der Waals surface area contributed by atoms with Crippen LogP contribution in [0.2, 0.25) is 4.34 Å². The van der Waals surface area contributed by atoms with Crippen LogP contribution in [-0.2, 0) is 4.79 Å². The predicted molar refractivity (Wildman–Crippen MR) is 79.2 cm³/mol. The van der Waals surface area contributed by atoms with E-state index in [1.807, 2.05) is 28.8 Å². The molecule has 0 N–H and O–H groups in total. The maximum absolute atomic E-state index is 11.8. The molecule has 1 aliphatic heterocycles. The summed E-state index contributed by atoms with van der Waals surface area (Å²) in [5.74, 6) is 2.96. The molecule has 1 aromatic heterocycles. The van der Waals surface area contributed by atoms with E-state index >= 15 is 0 Å². The summed E-state index contributed by atoms with van der Waals surface area (Å²) in [5.41, 5.74) is 0. The van der Waals surface area contributed by atoms with Crippen molar-refractivity contribution in [2.75, 3.05) is 23.8 Å². The number of nitrogens with zero attached hydrogens (tertiary/aromatic N) is 1. The highest BCUT2D eigenvalue weighted by Gasteiger charge is 2.33. The SMILES string of the molecule is CCSCCN1C(=O)CSC1c1ccc(Cl)s1. The quantitative estimate of drug-likeness (QED) is 0.773. The van der Waals surface area contributed by atoms with Crippen molar-refractivity contribution in [2.45, 2.75) is 12.3 Å². The Hall–Kier alpha value is 0.160. The standard InChI is InChI=1S/C11H14ClNOS3/c1-2-15-6-5-13-10(14)7-16-11(13)8-3-4-9(12)17-8/h3-4,11H,2,5-7H2,1H3. The summed E-state index contributed by atoms with van der Waals surface area (Å²) in [7, 11) is 0. The smallest absolute Gasteiger partial charge is 0.233 e. The second-order valence-corrected chi connectivity index (χ2v) is 7.80. The van der Waals surface area contributed by atoms with Crippen molar-refractivity contribution >= 4 is 52.4 Å². The molecule has 0 aliphatic carbocycles. The van der Waals surface area contributed by atoms with Crippen LogP contribution in [0.15, 0.2) is 12.1 Å². The summed E-state index contributed by atoms with van der Waals surface area (Å²) in [5, 5.41) is 0.178. The fraction of sp³-hybridized carbons (Fsp3) is 0.545. The lowest BCUT2D eigenvalue weighted by Gasteiger charge is -2.22. The van der Waals surface area contributed by atoms with Gasteiger partial charge in [-0.3, -0.25) is 4.79 Å². The Morgan fingerprint density at radius 2 is 2.41 bits per heavy atom. The highest BCUT2D eigenvalue weighted by Crippen LogP contribution is 2.42. The van der Waals surface area contributed by atoms with Gasteiger partial charge in [0, 0.05) is 17.2 Å². The number of amides is 1. The zero-order chi connectivity index (χ0) is 12.3. The molecule has 17 heavy (non-hydrogen) atoms. The van der Waals surface area contributed by atoms with Gasteiger partial charge >= 0.3 is 0 Å². The van der Waals surface area contributed by atoms with Crippen molar-refractivity contribution < 1.29 is 4.79 Å². The van der Waals surface area contributed by atoms with E-state index in [9.17, 15) is 4.79 Å². The summed E-state index contributed by atoms with van der Waals surface area (Å²) in [6.45, 7) is 2.98.